The maximum absolute atomic E-state index is 6.67. The van der Waals surface area contributed by atoms with Crippen LogP contribution >= 0.6 is 11.6 Å². The largest absolute Gasteiger partial charge is 0.357 e. The first-order chi connectivity index (χ1) is 6.13. The Balaban J connectivity index is 1.95. The quantitative estimate of drug-likeness (QED) is 0.626. The van der Waals surface area contributed by atoms with Crippen LogP contribution in [-0.4, -0.2) is 11.4 Å². The summed E-state index contributed by atoms with van der Waals surface area (Å²) in [5.74, 6) is 1.89. The molecule has 13 heavy (non-hydrogen) atoms. The van der Waals surface area contributed by atoms with Gasteiger partial charge in [-0.2, -0.15) is 0 Å². The van der Waals surface area contributed by atoms with Gasteiger partial charge < -0.3 is 5.73 Å². The number of alkyl halides is 1. The van der Waals surface area contributed by atoms with E-state index in [-0.39, 0.29) is 4.87 Å². The Morgan fingerprint density at radius 3 is 2.23 bits per heavy atom. The Morgan fingerprint density at radius 1 is 1.15 bits per heavy atom. The summed E-state index contributed by atoms with van der Waals surface area (Å²) in [5.41, 5.74) is 4.71. The topological polar surface area (TPSA) is 27.6 Å². The predicted octanol–water partition coefficient (Wildman–Crippen LogP) is 1.81. The molecule has 0 aromatic rings. The van der Waals surface area contributed by atoms with Gasteiger partial charge >= 0.3 is 0 Å². The molecule has 2 heteroatoms. The highest BCUT2D eigenvalue weighted by Gasteiger charge is 2.57. The zero-order valence-electron chi connectivity index (χ0n) is 8.19. The highest BCUT2D eigenvalue weighted by atomic mass is 35.5. The molecule has 4 fully saturated rings. The number of hydrogen-bond acceptors (Lipinski definition) is 0. The van der Waals surface area contributed by atoms with Crippen LogP contribution in [0.2, 0.25) is 0 Å². The van der Waals surface area contributed by atoms with E-state index in [1.54, 1.807) is 0 Å². The molecular weight excluding hydrogens is 182 g/mol. The highest BCUT2D eigenvalue weighted by Crippen LogP contribution is 2.63. The van der Waals surface area contributed by atoms with Crippen molar-refractivity contribution >= 4 is 11.6 Å². The van der Waals surface area contributed by atoms with Crippen LogP contribution in [0.3, 0.4) is 0 Å². The second-order valence-corrected chi connectivity index (χ2v) is 6.66. The summed E-state index contributed by atoms with van der Waals surface area (Å²) in [5, 5.41) is 0. The monoisotopic (exact) mass is 200 g/mol. The third-order valence-corrected chi connectivity index (χ3v) is 5.08. The second kappa shape index (κ2) is 2.43. The predicted molar refractivity (Wildman–Crippen MR) is 53.5 cm³/mol. The third kappa shape index (κ3) is 1.16. The average molecular weight is 201 g/mol. The Bertz CT molecular complexity index is 224. The molecule has 4 saturated carbocycles. The van der Waals surface area contributed by atoms with Crippen LogP contribution in [0.4, 0.5) is 0 Å². The van der Waals surface area contributed by atoms with Crippen molar-refractivity contribution in [2.45, 2.75) is 43.4 Å². The van der Waals surface area contributed by atoms with Crippen molar-refractivity contribution in [3.05, 3.63) is 0 Å². The molecule has 0 amide bonds. The standard InChI is InChI=1S/C11H18ClN/c12-11-4-8-1-9(5-11)3-10(2-8,6-11)7-13/h8-9H,1-7,13H2/p+1. The molecule has 0 aromatic heterocycles. The van der Waals surface area contributed by atoms with Gasteiger partial charge in [-0.3, -0.25) is 0 Å². The van der Waals surface area contributed by atoms with Gasteiger partial charge in [0.05, 0.1) is 6.54 Å². The molecule has 74 valence electrons. The molecule has 2 atom stereocenters. The van der Waals surface area contributed by atoms with Gasteiger partial charge in [-0.1, -0.05) is 0 Å². The van der Waals surface area contributed by atoms with Crippen LogP contribution in [0.25, 0.3) is 0 Å². The summed E-state index contributed by atoms with van der Waals surface area (Å²) in [6, 6.07) is 0. The van der Waals surface area contributed by atoms with E-state index in [0.29, 0.717) is 5.41 Å². The number of rotatable bonds is 1. The lowest BCUT2D eigenvalue weighted by molar-refractivity contribution is -0.402. The lowest BCUT2D eigenvalue weighted by Crippen LogP contribution is -2.65. The fourth-order valence-corrected chi connectivity index (χ4v) is 5.35. The van der Waals surface area contributed by atoms with Crippen molar-refractivity contribution in [1.82, 2.24) is 0 Å². The fourth-order valence-electron chi connectivity index (χ4n) is 4.63. The van der Waals surface area contributed by atoms with Crippen LogP contribution in [-0.2, 0) is 0 Å². The van der Waals surface area contributed by atoms with Crippen molar-refractivity contribution in [3.63, 3.8) is 0 Å². The molecule has 0 radical (unpaired) electrons. The minimum Gasteiger partial charge on any atom is -0.357 e. The molecule has 0 spiro atoms. The molecule has 0 aromatic carbocycles. The van der Waals surface area contributed by atoms with Crippen LogP contribution in [0.5, 0.6) is 0 Å². The SMILES string of the molecule is [NH3+]CC12CC3CC(CC(Cl)(C3)C1)C2. The molecule has 1 nitrogen and oxygen atoms in total. The first-order valence-corrected chi connectivity index (χ1v) is 5.99. The smallest absolute Gasteiger partial charge is 0.0797 e. The Hall–Kier alpha value is 0.250. The number of halogens is 1. The van der Waals surface area contributed by atoms with E-state index in [1.165, 1.54) is 38.5 Å². The molecule has 4 aliphatic carbocycles. The van der Waals surface area contributed by atoms with Crippen LogP contribution in [0, 0.1) is 17.3 Å². The zero-order valence-corrected chi connectivity index (χ0v) is 8.95. The Morgan fingerprint density at radius 2 is 1.77 bits per heavy atom. The summed E-state index contributed by atoms with van der Waals surface area (Å²) in [7, 11) is 0. The normalized spacial score (nSPS) is 58.6. The van der Waals surface area contributed by atoms with E-state index in [9.17, 15) is 0 Å². The molecule has 2 unspecified atom stereocenters. The second-order valence-electron chi connectivity index (χ2n) is 5.86. The van der Waals surface area contributed by atoms with E-state index >= 15 is 0 Å². The number of hydrogen-bond donors (Lipinski definition) is 1. The highest BCUT2D eigenvalue weighted by molar-refractivity contribution is 6.24. The first-order valence-electron chi connectivity index (χ1n) is 5.61. The van der Waals surface area contributed by atoms with Crippen molar-refractivity contribution in [2.24, 2.45) is 17.3 Å². The van der Waals surface area contributed by atoms with E-state index in [4.69, 9.17) is 11.6 Å². The minimum atomic E-state index is 0.196. The van der Waals surface area contributed by atoms with E-state index in [0.717, 1.165) is 18.4 Å². The third-order valence-electron chi connectivity index (χ3n) is 4.64. The van der Waals surface area contributed by atoms with Gasteiger partial charge in [-0.15, -0.1) is 11.6 Å². The summed E-state index contributed by atoms with van der Waals surface area (Å²) in [4.78, 5) is 0.196. The first kappa shape index (κ1) is 8.55. The molecule has 0 saturated heterocycles. The van der Waals surface area contributed by atoms with Gasteiger partial charge in [0.25, 0.3) is 0 Å². The van der Waals surface area contributed by atoms with Crippen LogP contribution < -0.4 is 5.73 Å². The van der Waals surface area contributed by atoms with Gasteiger partial charge in [0, 0.05) is 10.3 Å². The summed E-state index contributed by atoms with van der Waals surface area (Å²) < 4.78 is 0. The average Bonchev–Trinajstić information content (AvgIpc) is 1.99. The van der Waals surface area contributed by atoms with Gasteiger partial charge in [0.15, 0.2) is 0 Å². The fraction of sp³-hybridized carbons (Fsp3) is 1.00. The van der Waals surface area contributed by atoms with Gasteiger partial charge in [-0.05, 0) is 50.4 Å². The van der Waals surface area contributed by atoms with Gasteiger partial charge in [-0.25, -0.2) is 0 Å². The summed E-state index contributed by atoms with van der Waals surface area (Å²) in [6.45, 7) is 1.12. The Labute approximate surface area is 85.0 Å². The van der Waals surface area contributed by atoms with E-state index in [2.05, 4.69) is 5.73 Å². The van der Waals surface area contributed by atoms with Crippen LogP contribution in [0.15, 0.2) is 0 Å². The zero-order chi connectivity index (χ0) is 9.10. The molecule has 0 aliphatic heterocycles. The molecule has 0 heterocycles. The Kier molecular flexibility index (Phi) is 1.60. The van der Waals surface area contributed by atoms with Crippen molar-refractivity contribution in [3.8, 4) is 0 Å². The van der Waals surface area contributed by atoms with E-state index in [1.807, 2.05) is 0 Å². The molecule has 3 N–H and O–H groups in total. The molecule has 4 rings (SSSR count). The molecule has 4 bridgehead atoms. The summed E-state index contributed by atoms with van der Waals surface area (Å²) >= 11 is 6.67. The maximum Gasteiger partial charge on any atom is 0.0797 e. The van der Waals surface area contributed by atoms with Crippen molar-refractivity contribution in [2.75, 3.05) is 6.54 Å². The number of quaternary nitrogens is 1. The lowest BCUT2D eigenvalue weighted by atomic mass is 9.49. The van der Waals surface area contributed by atoms with Crippen molar-refractivity contribution < 1.29 is 5.73 Å². The lowest BCUT2D eigenvalue weighted by Gasteiger charge is -2.59. The molecule has 4 aliphatic rings. The van der Waals surface area contributed by atoms with E-state index < -0.39 is 0 Å². The van der Waals surface area contributed by atoms with Gasteiger partial charge in [0.1, 0.15) is 0 Å². The van der Waals surface area contributed by atoms with Crippen LogP contribution in [0.1, 0.15) is 38.5 Å². The minimum absolute atomic E-state index is 0.196. The molecular formula is C11H19ClN+. The maximum atomic E-state index is 6.67. The van der Waals surface area contributed by atoms with Crippen molar-refractivity contribution in [1.29, 1.82) is 0 Å². The van der Waals surface area contributed by atoms with Gasteiger partial charge in [0.2, 0.25) is 0 Å². The summed E-state index contributed by atoms with van der Waals surface area (Å²) in [6.07, 6.45) is 8.19.